The first kappa shape index (κ1) is 15.2. The molecule has 0 aliphatic carbocycles. The van der Waals surface area contributed by atoms with Crippen LogP contribution in [-0.4, -0.2) is 43.2 Å². The van der Waals surface area contributed by atoms with Crippen molar-refractivity contribution < 1.29 is 19.2 Å². The van der Waals surface area contributed by atoms with E-state index in [1.54, 1.807) is 13.0 Å². The van der Waals surface area contributed by atoms with Gasteiger partial charge in [-0.3, -0.25) is 14.9 Å². The number of nitrogens with zero attached hydrogens (tertiary/aromatic N) is 1. The zero-order valence-corrected chi connectivity index (χ0v) is 11.6. The number of hydrogen-bond acceptors (Lipinski definition) is 6. The van der Waals surface area contributed by atoms with Crippen LogP contribution < -0.4 is 15.4 Å². The topological polar surface area (TPSA) is 103 Å². The molecule has 1 aromatic rings. The van der Waals surface area contributed by atoms with Gasteiger partial charge in [0.1, 0.15) is 17.5 Å². The van der Waals surface area contributed by atoms with Crippen LogP contribution in [0.1, 0.15) is 6.92 Å². The number of rotatable bonds is 5. The summed E-state index contributed by atoms with van der Waals surface area (Å²) in [5.74, 6) is 0.0308. The number of morpholine rings is 1. The van der Waals surface area contributed by atoms with E-state index in [0.29, 0.717) is 25.5 Å². The molecule has 0 saturated carbocycles. The number of amides is 1. The molecule has 0 spiro atoms. The largest absolute Gasteiger partial charge is 0.494 e. The fraction of sp³-hybridized carbons (Fsp3) is 0.462. The Morgan fingerprint density at radius 1 is 1.62 bits per heavy atom. The Bertz CT molecular complexity index is 529. The molecule has 1 saturated heterocycles. The van der Waals surface area contributed by atoms with Gasteiger partial charge in [0.15, 0.2) is 0 Å². The number of hydrogen-bond donors (Lipinski definition) is 2. The van der Waals surface area contributed by atoms with E-state index in [-0.39, 0.29) is 23.9 Å². The molecule has 1 heterocycles. The summed E-state index contributed by atoms with van der Waals surface area (Å²) in [4.78, 5) is 22.6. The van der Waals surface area contributed by atoms with Gasteiger partial charge >= 0.3 is 0 Å². The van der Waals surface area contributed by atoms with Crippen molar-refractivity contribution in [2.45, 2.75) is 13.0 Å². The lowest BCUT2D eigenvalue weighted by atomic mass is 10.2. The predicted molar refractivity (Wildman–Crippen MR) is 75.5 cm³/mol. The number of nitro groups is 1. The third-order valence-corrected chi connectivity index (χ3v) is 2.97. The van der Waals surface area contributed by atoms with Crippen LogP contribution in [0.3, 0.4) is 0 Å². The molecular formula is C13H17N3O5. The molecule has 8 nitrogen and oxygen atoms in total. The van der Waals surface area contributed by atoms with Crippen molar-refractivity contribution in [2.75, 3.05) is 31.7 Å². The minimum atomic E-state index is -0.553. The van der Waals surface area contributed by atoms with E-state index in [1.807, 2.05) is 0 Å². The van der Waals surface area contributed by atoms with E-state index in [9.17, 15) is 14.9 Å². The van der Waals surface area contributed by atoms with Crippen LogP contribution in [0.4, 0.5) is 11.4 Å². The van der Waals surface area contributed by atoms with Crippen molar-refractivity contribution in [3.8, 4) is 5.75 Å². The minimum absolute atomic E-state index is 0.140. The lowest BCUT2D eigenvalue weighted by molar-refractivity contribution is -0.384. The lowest BCUT2D eigenvalue weighted by Gasteiger charge is -2.22. The first-order valence-corrected chi connectivity index (χ1v) is 6.65. The van der Waals surface area contributed by atoms with Crippen LogP contribution in [0.25, 0.3) is 0 Å². The highest BCUT2D eigenvalue weighted by Crippen LogP contribution is 2.29. The molecule has 2 N–H and O–H groups in total. The van der Waals surface area contributed by atoms with Gasteiger partial charge in [0.2, 0.25) is 5.91 Å². The van der Waals surface area contributed by atoms with Gasteiger partial charge in [0, 0.05) is 6.54 Å². The molecule has 1 aliphatic heterocycles. The molecular weight excluding hydrogens is 278 g/mol. The van der Waals surface area contributed by atoms with E-state index in [1.165, 1.54) is 12.1 Å². The first-order valence-electron chi connectivity index (χ1n) is 6.65. The second-order valence-corrected chi connectivity index (χ2v) is 4.44. The maximum Gasteiger partial charge on any atom is 0.296 e. The molecule has 8 heteroatoms. The van der Waals surface area contributed by atoms with Gasteiger partial charge < -0.3 is 20.1 Å². The quantitative estimate of drug-likeness (QED) is 0.618. The number of benzene rings is 1. The highest BCUT2D eigenvalue weighted by molar-refractivity contribution is 5.97. The molecule has 1 aromatic carbocycles. The Balaban J connectivity index is 2.14. The Morgan fingerprint density at radius 3 is 3.05 bits per heavy atom. The molecule has 1 unspecified atom stereocenters. The van der Waals surface area contributed by atoms with Gasteiger partial charge in [-0.25, -0.2) is 0 Å². The Kier molecular flexibility index (Phi) is 5.07. The second kappa shape index (κ2) is 7.00. The summed E-state index contributed by atoms with van der Waals surface area (Å²) in [5, 5.41) is 16.6. The van der Waals surface area contributed by atoms with Crippen molar-refractivity contribution in [3.63, 3.8) is 0 Å². The van der Waals surface area contributed by atoms with E-state index >= 15 is 0 Å². The highest BCUT2D eigenvalue weighted by atomic mass is 16.6. The summed E-state index contributed by atoms with van der Waals surface area (Å²) in [6.45, 7) is 3.57. The van der Waals surface area contributed by atoms with Gasteiger partial charge in [-0.1, -0.05) is 0 Å². The van der Waals surface area contributed by atoms with E-state index in [4.69, 9.17) is 9.47 Å². The van der Waals surface area contributed by atoms with Gasteiger partial charge in [-0.05, 0) is 19.1 Å². The molecule has 21 heavy (non-hydrogen) atoms. The fourth-order valence-electron chi connectivity index (χ4n) is 1.98. The molecule has 1 amide bonds. The van der Waals surface area contributed by atoms with E-state index < -0.39 is 11.0 Å². The number of carbonyl (C=O) groups excluding carboxylic acids is 1. The van der Waals surface area contributed by atoms with Crippen molar-refractivity contribution >= 4 is 17.3 Å². The Labute approximate surface area is 121 Å². The summed E-state index contributed by atoms with van der Waals surface area (Å²) in [6, 6.07) is 3.83. The average Bonchev–Trinajstić information content (AvgIpc) is 2.49. The first-order chi connectivity index (χ1) is 10.1. The number of nitro benzene ring substituents is 1. The second-order valence-electron chi connectivity index (χ2n) is 4.44. The Hall–Kier alpha value is -2.19. The maximum absolute atomic E-state index is 12.0. The van der Waals surface area contributed by atoms with Gasteiger partial charge in [-0.15, -0.1) is 0 Å². The molecule has 0 radical (unpaired) electrons. The summed E-state index contributed by atoms with van der Waals surface area (Å²) < 4.78 is 10.4. The number of nitrogens with one attached hydrogen (secondary N) is 2. The standard InChI is InChI=1S/C13H17N3O5/c1-2-21-9-3-4-10(12(7-9)16(18)19)15-13(17)11-8-20-6-5-14-11/h3-4,7,11,14H,2,5-6,8H2,1H3,(H,15,17). The SMILES string of the molecule is CCOc1ccc(NC(=O)C2COCCN2)c([N+](=O)[O-])c1. The third-order valence-electron chi connectivity index (χ3n) is 2.97. The molecule has 0 aromatic heterocycles. The molecule has 0 bridgehead atoms. The molecule has 1 atom stereocenters. The normalized spacial score (nSPS) is 18.0. The van der Waals surface area contributed by atoms with Crippen molar-refractivity contribution in [3.05, 3.63) is 28.3 Å². The zero-order valence-electron chi connectivity index (χ0n) is 11.6. The Morgan fingerprint density at radius 2 is 2.43 bits per heavy atom. The van der Waals surface area contributed by atoms with Crippen molar-refractivity contribution in [1.29, 1.82) is 0 Å². The number of anilines is 1. The number of carbonyl (C=O) groups is 1. The van der Waals surface area contributed by atoms with E-state index in [2.05, 4.69) is 10.6 Å². The number of ether oxygens (including phenoxy) is 2. The van der Waals surface area contributed by atoms with Crippen LogP contribution in [0.15, 0.2) is 18.2 Å². The predicted octanol–water partition coefficient (Wildman–Crippen LogP) is 0.920. The lowest BCUT2D eigenvalue weighted by Crippen LogP contribution is -2.48. The monoisotopic (exact) mass is 295 g/mol. The minimum Gasteiger partial charge on any atom is -0.494 e. The van der Waals surface area contributed by atoms with Gasteiger partial charge in [-0.2, -0.15) is 0 Å². The van der Waals surface area contributed by atoms with Gasteiger partial charge in [0.05, 0.1) is 30.8 Å². The van der Waals surface area contributed by atoms with Crippen LogP contribution in [0, 0.1) is 10.1 Å². The summed E-state index contributed by atoms with van der Waals surface area (Å²) >= 11 is 0. The van der Waals surface area contributed by atoms with Crippen molar-refractivity contribution in [2.24, 2.45) is 0 Å². The van der Waals surface area contributed by atoms with Crippen LogP contribution in [0.5, 0.6) is 5.75 Å². The van der Waals surface area contributed by atoms with E-state index in [0.717, 1.165) is 0 Å². The molecule has 114 valence electrons. The van der Waals surface area contributed by atoms with Gasteiger partial charge in [0.25, 0.3) is 5.69 Å². The highest BCUT2D eigenvalue weighted by Gasteiger charge is 2.24. The van der Waals surface area contributed by atoms with Crippen LogP contribution in [0.2, 0.25) is 0 Å². The summed E-state index contributed by atoms with van der Waals surface area (Å²) in [6.07, 6.45) is 0. The van der Waals surface area contributed by atoms with Crippen LogP contribution >= 0.6 is 0 Å². The molecule has 2 rings (SSSR count). The summed E-state index contributed by atoms with van der Waals surface area (Å²) in [7, 11) is 0. The smallest absolute Gasteiger partial charge is 0.296 e. The maximum atomic E-state index is 12.0. The summed E-state index contributed by atoms with van der Waals surface area (Å²) in [5.41, 5.74) is -0.0631. The van der Waals surface area contributed by atoms with Crippen molar-refractivity contribution in [1.82, 2.24) is 5.32 Å². The average molecular weight is 295 g/mol. The molecule has 1 fully saturated rings. The zero-order chi connectivity index (χ0) is 15.2. The fourth-order valence-corrected chi connectivity index (χ4v) is 1.98. The van der Waals surface area contributed by atoms with Crippen LogP contribution in [-0.2, 0) is 9.53 Å². The third kappa shape index (κ3) is 3.89. The molecule has 1 aliphatic rings.